The van der Waals surface area contributed by atoms with Crippen molar-refractivity contribution in [1.82, 2.24) is 4.57 Å². The lowest BCUT2D eigenvalue weighted by Gasteiger charge is -2.01. The van der Waals surface area contributed by atoms with E-state index in [1.165, 1.54) is 11.3 Å². The largest absolute Gasteiger partial charge is 0.493 e. The summed E-state index contributed by atoms with van der Waals surface area (Å²) < 4.78 is 1.82. The van der Waals surface area contributed by atoms with Crippen LogP contribution in [0.2, 0.25) is 0 Å². The first-order valence-corrected chi connectivity index (χ1v) is 8.95. The summed E-state index contributed by atoms with van der Waals surface area (Å²) in [5.41, 5.74) is 3.92. The lowest BCUT2D eigenvalue weighted by molar-refractivity contribution is 0.416. The first-order chi connectivity index (χ1) is 12.3. The Labute approximate surface area is 149 Å². The van der Waals surface area contributed by atoms with Crippen LogP contribution in [0.1, 0.15) is 17.4 Å². The van der Waals surface area contributed by atoms with Gasteiger partial charge in [0.15, 0.2) is 4.80 Å². The van der Waals surface area contributed by atoms with E-state index in [0.717, 1.165) is 32.2 Å². The highest BCUT2D eigenvalue weighted by Crippen LogP contribution is 2.34. The lowest BCUT2D eigenvalue weighted by atomic mass is 10.1. The van der Waals surface area contributed by atoms with Crippen molar-refractivity contribution in [3.63, 3.8) is 0 Å². The number of thiazole rings is 1. The number of para-hydroxylation sites is 2. The molecule has 124 valence electrons. The molecule has 1 aliphatic rings. The van der Waals surface area contributed by atoms with Gasteiger partial charge in [-0.05, 0) is 31.2 Å². The minimum Gasteiger partial charge on any atom is -0.493 e. The van der Waals surface area contributed by atoms with Crippen LogP contribution in [-0.4, -0.2) is 15.9 Å². The van der Waals surface area contributed by atoms with Gasteiger partial charge in [-0.1, -0.05) is 47.7 Å². The Hall–Kier alpha value is -2.92. The fourth-order valence-electron chi connectivity index (χ4n) is 2.79. The van der Waals surface area contributed by atoms with Gasteiger partial charge in [-0.15, -0.1) is 0 Å². The number of benzene rings is 2. The predicted molar refractivity (Wildman–Crippen MR) is 104 cm³/mol. The van der Waals surface area contributed by atoms with E-state index in [1.807, 2.05) is 78.4 Å². The first-order valence-electron chi connectivity index (χ1n) is 8.14. The fraction of sp³-hybridized carbons (Fsp3) is 0.100. The standard InChI is InChI=1S/C20H17N3OS/c1-2-23-19(24)18(25-20(23)22-15-8-4-3-5-9-15)12-14-13-21-17-11-7-6-10-16(14)17/h3-13,24H,2H2,1H3/b14-12-,22-20?. The molecule has 0 saturated carbocycles. The third-order valence-electron chi connectivity index (χ3n) is 4.05. The van der Waals surface area contributed by atoms with Gasteiger partial charge in [-0.25, -0.2) is 4.99 Å². The Balaban J connectivity index is 1.82. The van der Waals surface area contributed by atoms with E-state index in [1.54, 1.807) is 0 Å². The van der Waals surface area contributed by atoms with E-state index in [0.29, 0.717) is 6.54 Å². The molecule has 0 spiro atoms. The van der Waals surface area contributed by atoms with Crippen molar-refractivity contribution in [1.29, 1.82) is 0 Å². The molecule has 0 fully saturated rings. The Kier molecular flexibility index (Phi) is 4.07. The van der Waals surface area contributed by atoms with Crippen molar-refractivity contribution >= 4 is 40.6 Å². The Morgan fingerprint density at radius 1 is 1.12 bits per heavy atom. The number of fused-ring (bicyclic) bond motifs is 1. The summed E-state index contributed by atoms with van der Waals surface area (Å²) in [4.78, 5) is 10.7. The van der Waals surface area contributed by atoms with Crippen molar-refractivity contribution in [3.8, 4) is 5.88 Å². The molecule has 0 aliphatic carbocycles. The maximum absolute atomic E-state index is 10.6. The molecule has 1 aliphatic heterocycles. The number of aliphatic imine (C=N–C) groups is 1. The number of hydrogen-bond acceptors (Lipinski definition) is 4. The molecule has 0 unspecified atom stereocenters. The molecule has 3 aromatic rings. The average Bonchev–Trinajstić information content (AvgIpc) is 3.18. The molecule has 0 radical (unpaired) electrons. The summed E-state index contributed by atoms with van der Waals surface area (Å²) in [6.07, 6.45) is 3.82. The first kappa shape index (κ1) is 15.6. The van der Waals surface area contributed by atoms with Crippen LogP contribution in [0, 0.1) is 0 Å². The van der Waals surface area contributed by atoms with Crippen LogP contribution >= 0.6 is 11.3 Å². The van der Waals surface area contributed by atoms with E-state index < -0.39 is 0 Å². The van der Waals surface area contributed by atoms with Gasteiger partial charge in [0.1, 0.15) is 0 Å². The van der Waals surface area contributed by atoms with Gasteiger partial charge in [-0.3, -0.25) is 9.56 Å². The molecule has 1 N–H and O–H groups in total. The zero-order chi connectivity index (χ0) is 17.2. The number of hydrogen-bond donors (Lipinski definition) is 1. The number of nitrogens with zero attached hydrogens (tertiary/aromatic N) is 3. The number of aromatic hydroxyl groups is 1. The molecular weight excluding hydrogens is 330 g/mol. The molecule has 25 heavy (non-hydrogen) atoms. The highest BCUT2D eigenvalue weighted by molar-refractivity contribution is 7.10. The number of allylic oxidation sites excluding steroid dienone is 1. The molecule has 4 nitrogen and oxygen atoms in total. The Bertz CT molecular complexity index is 1040. The third-order valence-corrected chi connectivity index (χ3v) is 5.06. The Morgan fingerprint density at radius 2 is 1.88 bits per heavy atom. The average molecular weight is 347 g/mol. The van der Waals surface area contributed by atoms with Crippen LogP contribution in [0.5, 0.6) is 5.88 Å². The second-order valence-electron chi connectivity index (χ2n) is 5.64. The highest BCUT2D eigenvalue weighted by atomic mass is 32.1. The van der Waals surface area contributed by atoms with Gasteiger partial charge in [0.2, 0.25) is 5.88 Å². The van der Waals surface area contributed by atoms with Crippen molar-refractivity contribution in [3.05, 3.63) is 69.8 Å². The van der Waals surface area contributed by atoms with Gasteiger partial charge in [0.05, 0.1) is 16.3 Å². The van der Waals surface area contributed by atoms with E-state index in [9.17, 15) is 5.11 Å². The van der Waals surface area contributed by atoms with E-state index in [2.05, 4.69) is 9.98 Å². The minimum atomic E-state index is 0.243. The van der Waals surface area contributed by atoms with Crippen molar-refractivity contribution in [2.24, 2.45) is 9.98 Å². The molecule has 1 aromatic heterocycles. The molecule has 0 amide bonds. The van der Waals surface area contributed by atoms with E-state index in [-0.39, 0.29) is 5.88 Å². The van der Waals surface area contributed by atoms with Gasteiger partial charge in [0.25, 0.3) is 0 Å². The van der Waals surface area contributed by atoms with E-state index >= 15 is 0 Å². The zero-order valence-corrected chi connectivity index (χ0v) is 14.6. The summed E-state index contributed by atoms with van der Waals surface area (Å²) in [6, 6.07) is 17.8. The molecular formula is C20H17N3OS. The quantitative estimate of drug-likeness (QED) is 0.729. The summed E-state index contributed by atoms with van der Waals surface area (Å²) in [7, 11) is 0. The van der Waals surface area contributed by atoms with Gasteiger partial charge < -0.3 is 5.11 Å². The van der Waals surface area contributed by atoms with Gasteiger partial charge in [-0.2, -0.15) is 0 Å². The summed E-state index contributed by atoms with van der Waals surface area (Å²) in [5.74, 6) is 0.243. The maximum Gasteiger partial charge on any atom is 0.211 e. The molecule has 5 heteroatoms. The van der Waals surface area contributed by atoms with Crippen molar-refractivity contribution in [2.75, 3.05) is 0 Å². The summed E-state index contributed by atoms with van der Waals surface area (Å²) in [5, 5.41) is 10.6. The monoisotopic (exact) mass is 347 g/mol. The zero-order valence-electron chi connectivity index (χ0n) is 13.8. The molecule has 2 heterocycles. The smallest absolute Gasteiger partial charge is 0.211 e. The SMILES string of the molecule is CCn1c(O)c(/C=C2/C=Nc3ccccc32)sc1=Nc1ccccc1. The van der Waals surface area contributed by atoms with Crippen LogP contribution in [0.15, 0.2) is 64.6 Å². The minimum absolute atomic E-state index is 0.243. The highest BCUT2D eigenvalue weighted by Gasteiger charge is 2.15. The molecule has 2 aromatic carbocycles. The molecule has 0 bridgehead atoms. The van der Waals surface area contributed by atoms with Crippen LogP contribution < -0.4 is 4.80 Å². The second kappa shape index (κ2) is 6.53. The third kappa shape index (κ3) is 2.94. The van der Waals surface area contributed by atoms with Crippen LogP contribution in [0.3, 0.4) is 0 Å². The van der Waals surface area contributed by atoms with Crippen LogP contribution in [0.25, 0.3) is 11.6 Å². The molecule has 0 saturated heterocycles. The summed E-state index contributed by atoms with van der Waals surface area (Å²) in [6.45, 7) is 2.65. The second-order valence-corrected chi connectivity index (χ2v) is 6.65. The molecule has 0 atom stereocenters. The lowest BCUT2D eigenvalue weighted by Crippen LogP contribution is -2.12. The van der Waals surface area contributed by atoms with E-state index in [4.69, 9.17) is 0 Å². The van der Waals surface area contributed by atoms with Crippen LogP contribution in [0.4, 0.5) is 11.4 Å². The maximum atomic E-state index is 10.6. The number of aromatic nitrogens is 1. The van der Waals surface area contributed by atoms with Crippen molar-refractivity contribution in [2.45, 2.75) is 13.5 Å². The fourth-order valence-corrected chi connectivity index (χ4v) is 3.85. The van der Waals surface area contributed by atoms with Crippen molar-refractivity contribution < 1.29 is 5.11 Å². The Morgan fingerprint density at radius 3 is 2.68 bits per heavy atom. The predicted octanol–water partition coefficient (Wildman–Crippen LogP) is 4.76. The summed E-state index contributed by atoms with van der Waals surface area (Å²) >= 11 is 1.48. The topological polar surface area (TPSA) is 49.9 Å². The van der Waals surface area contributed by atoms with Crippen LogP contribution in [-0.2, 0) is 6.54 Å². The van der Waals surface area contributed by atoms with Gasteiger partial charge >= 0.3 is 0 Å². The van der Waals surface area contributed by atoms with Gasteiger partial charge in [0, 0.05) is 23.9 Å². The normalized spacial score (nSPS) is 15.1. The molecule has 4 rings (SSSR count). The number of rotatable bonds is 3.